The van der Waals surface area contributed by atoms with Gasteiger partial charge in [-0.25, -0.2) is 0 Å². The van der Waals surface area contributed by atoms with Gasteiger partial charge in [0.1, 0.15) is 0 Å². The fourth-order valence-corrected chi connectivity index (χ4v) is 0. The zero-order valence-electron chi connectivity index (χ0n) is 8.02. The van der Waals surface area contributed by atoms with Gasteiger partial charge >= 0.3 is 0 Å². The van der Waals surface area contributed by atoms with Crippen LogP contribution in [0.4, 0.5) is 0 Å². The molecule has 0 saturated heterocycles. The van der Waals surface area contributed by atoms with Crippen molar-refractivity contribution in [3.63, 3.8) is 0 Å². The third-order valence-electron chi connectivity index (χ3n) is 0.901. The quantitative estimate of drug-likeness (QED) is 0.631. The first-order chi connectivity index (χ1) is 4.47. The summed E-state index contributed by atoms with van der Waals surface area (Å²) in [4.78, 5) is 0. The molecule has 0 fully saturated rings. The molecule has 0 aliphatic carbocycles. The predicted molar refractivity (Wildman–Crippen MR) is 71.2 cm³/mol. The first-order valence-electron chi connectivity index (χ1n) is 3.52. The molecule has 0 atom stereocenters. The molecule has 0 rings (SSSR count). The summed E-state index contributed by atoms with van der Waals surface area (Å²) in [6.45, 7) is 8.84. The van der Waals surface area contributed by atoms with Crippen LogP contribution in [0, 0.1) is 0 Å². The molecule has 14 heavy (non-hydrogen) atoms. The van der Waals surface area contributed by atoms with E-state index in [0.717, 1.165) is 6.61 Å². The van der Waals surface area contributed by atoms with Crippen LogP contribution in [0.5, 0.6) is 0 Å². The van der Waals surface area contributed by atoms with Crippen LogP contribution < -0.4 is 0 Å². The van der Waals surface area contributed by atoms with E-state index in [-0.39, 0.29) is 35.3 Å². The van der Waals surface area contributed by atoms with Gasteiger partial charge in [0, 0.05) is 20.8 Å². The van der Waals surface area contributed by atoms with E-state index in [0.29, 0.717) is 0 Å². The second kappa shape index (κ2) is 23.1. The number of ether oxygens (including phenoxy) is 2. The van der Waals surface area contributed by atoms with Crippen LogP contribution in [-0.2, 0) is 9.47 Å². The molecule has 96 valence electrons. The molecule has 0 amide bonds. The van der Waals surface area contributed by atoms with Crippen LogP contribution in [0.15, 0.2) is 0 Å². The Labute approximate surface area is 94.0 Å². The standard InChI is InChI=1S/C5H12O.C3H8O.4CH4/c1-5(2,3)6-4;1-3-4-2;;;;/h1-4H3;3H2,1-2H3;4*1H4. The van der Waals surface area contributed by atoms with Gasteiger partial charge in [-0.2, -0.15) is 0 Å². The fourth-order valence-electron chi connectivity index (χ4n) is 0. The van der Waals surface area contributed by atoms with Crippen LogP contribution >= 0.6 is 0 Å². The number of rotatable bonds is 1. The predicted octanol–water partition coefficient (Wildman–Crippen LogP) is 4.63. The van der Waals surface area contributed by atoms with Crippen molar-refractivity contribution in [1.82, 2.24) is 0 Å². The third kappa shape index (κ3) is 92.5. The molecule has 0 radical (unpaired) electrons. The van der Waals surface area contributed by atoms with E-state index in [9.17, 15) is 0 Å². The summed E-state index contributed by atoms with van der Waals surface area (Å²) >= 11 is 0. The lowest BCUT2D eigenvalue weighted by Gasteiger charge is -2.14. The molecule has 0 aliphatic heterocycles. The van der Waals surface area contributed by atoms with E-state index in [4.69, 9.17) is 4.74 Å². The summed E-state index contributed by atoms with van der Waals surface area (Å²) in [5, 5.41) is 0. The molecule has 2 heteroatoms. The molecule has 0 unspecified atom stereocenters. The van der Waals surface area contributed by atoms with E-state index < -0.39 is 0 Å². The van der Waals surface area contributed by atoms with Crippen LogP contribution in [0.2, 0.25) is 0 Å². The molecular formula is C12H36O2. The zero-order chi connectivity index (χ0) is 8.62. The highest BCUT2D eigenvalue weighted by molar-refractivity contribution is 4.55. The van der Waals surface area contributed by atoms with Crippen molar-refractivity contribution in [1.29, 1.82) is 0 Å². The number of methoxy groups -OCH3 is 2. The summed E-state index contributed by atoms with van der Waals surface area (Å²) < 4.78 is 9.48. The second-order valence-corrected chi connectivity index (χ2v) is 2.89. The first-order valence-corrected chi connectivity index (χ1v) is 3.52. The maximum atomic E-state index is 4.94. The molecule has 0 N–H and O–H groups in total. The van der Waals surface area contributed by atoms with Crippen molar-refractivity contribution in [3.8, 4) is 0 Å². The average molecular weight is 212 g/mol. The van der Waals surface area contributed by atoms with Crippen molar-refractivity contribution in [3.05, 3.63) is 0 Å². The van der Waals surface area contributed by atoms with Gasteiger partial charge in [0.15, 0.2) is 0 Å². The smallest absolute Gasteiger partial charge is 0.0594 e. The van der Waals surface area contributed by atoms with Gasteiger partial charge in [-0.15, -0.1) is 0 Å². The highest BCUT2D eigenvalue weighted by atomic mass is 16.5. The Morgan fingerprint density at radius 3 is 1.00 bits per heavy atom. The first kappa shape index (κ1) is 37.0. The highest BCUT2D eigenvalue weighted by Gasteiger charge is 2.03. The average Bonchev–Trinajstić information content (AvgIpc) is 1.87. The van der Waals surface area contributed by atoms with Crippen LogP contribution in [-0.4, -0.2) is 26.4 Å². The highest BCUT2D eigenvalue weighted by Crippen LogP contribution is 2.02. The van der Waals surface area contributed by atoms with E-state index in [1.165, 1.54) is 0 Å². The third-order valence-corrected chi connectivity index (χ3v) is 0.901. The summed E-state index contributed by atoms with van der Waals surface area (Å²) in [5.74, 6) is 0. The molecule has 0 aliphatic rings. The van der Waals surface area contributed by atoms with Gasteiger partial charge < -0.3 is 9.47 Å². The van der Waals surface area contributed by atoms with E-state index in [2.05, 4.69) is 4.74 Å². The minimum Gasteiger partial charge on any atom is -0.385 e. The maximum absolute atomic E-state index is 4.94. The van der Waals surface area contributed by atoms with E-state index >= 15 is 0 Å². The topological polar surface area (TPSA) is 18.5 Å². The van der Waals surface area contributed by atoms with E-state index in [1.807, 2.05) is 27.7 Å². The molecule has 0 saturated carbocycles. The Hall–Kier alpha value is -0.0800. The minimum atomic E-state index is 0. The minimum absolute atomic E-state index is 0. The Morgan fingerprint density at radius 2 is 1.00 bits per heavy atom. The lowest BCUT2D eigenvalue weighted by molar-refractivity contribution is 0.0397. The summed E-state index contributed by atoms with van der Waals surface area (Å²) in [5.41, 5.74) is 0.0417. The summed E-state index contributed by atoms with van der Waals surface area (Å²) in [6.07, 6.45) is 0. The SMILES string of the molecule is C.C.C.C.CCOC.COC(C)(C)C. The van der Waals surface area contributed by atoms with Gasteiger partial charge in [0.25, 0.3) is 0 Å². The van der Waals surface area contributed by atoms with Gasteiger partial charge in [0.2, 0.25) is 0 Å². The Balaban J connectivity index is -0.0000000185. The fraction of sp³-hybridized carbons (Fsp3) is 1.00. The van der Waals surface area contributed by atoms with Gasteiger partial charge in [-0.05, 0) is 27.7 Å². The van der Waals surface area contributed by atoms with Crippen molar-refractivity contribution in [2.24, 2.45) is 0 Å². The van der Waals surface area contributed by atoms with Gasteiger partial charge in [-0.1, -0.05) is 29.7 Å². The van der Waals surface area contributed by atoms with Crippen LogP contribution in [0.25, 0.3) is 0 Å². The molecule has 2 nitrogen and oxygen atoms in total. The lowest BCUT2D eigenvalue weighted by atomic mass is 10.2. The van der Waals surface area contributed by atoms with Gasteiger partial charge in [-0.3, -0.25) is 0 Å². The zero-order valence-corrected chi connectivity index (χ0v) is 8.02. The maximum Gasteiger partial charge on any atom is 0.0594 e. The molecule has 0 heterocycles. The van der Waals surface area contributed by atoms with E-state index in [1.54, 1.807) is 14.2 Å². The normalized spacial score (nSPS) is 7.29. The largest absolute Gasteiger partial charge is 0.385 e. The Bertz CT molecular complexity index is 53.8. The summed E-state index contributed by atoms with van der Waals surface area (Å²) in [7, 11) is 3.39. The van der Waals surface area contributed by atoms with Crippen LogP contribution in [0.1, 0.15) is 57.4 Å². The Morgan fingerprint density at radius 1 is 0.857 bits per heavy atom. The Kier molecular flexibility index (Phi) is 61.0. The molecule has 0 spiro atoms. The van der Waals surface area contributed by atoms with Crippen molar-refractivity contribution >= 4 is 0 Å². The molecular weight excluding hydrogens is 176 g/mol. The second-order valence-electron chi connectivity index (χ2n) is 2.89. The van der Waals surface area contributed by atoms with Crippen molar-refractivity contribution < 1.29 is 9.47 Å². The molecule has 0 aromatic heterocycles. The monoisotopic (exact) mass is 212 g/mol. The summed E-state index contributed by atoms with van der Waals surface area (Å²) in [6, 6.07) is 0. The number of hydrogen-bond acceptors (Lipinski definition) is 2. The van der Waals surface area contributed by atoms with Crippen molar-refractivity contribution in [2.45, 2.75) is 63.0 Å². The number of hydrogen-bond donors (Lipinski definition) is 0. The lowest BCUT2D eigenvalue weighted by Crippen LogP contribution is -2.15. The van der Waals surface area contributed by atoms with Gasteiger partial charge in [0.05, 0.1) is 5.60 Å². The van der Waals surface area contributed by atoms with Crippen molar-refractivity contribution in [2.75, 3.05) is 20.8 Å². The molecule has 0 aromatic rings. The molecule has 0 bridgehead atoms. The van der Waals surface area contributed by atoms with Crippen LogP contribution in [0.3, 0.4) is 0 Å². The molecule has 0 aromatic carbocycles.